The van der Waals surface area contributed by atoms with Gasteiger partial charge in [-0.3, -0.25) is 9.05 Å². The van der Waals surface area contributed by atoms with Crippen LogP contribution in [0.25, 0.3) is 11.4 Å². The van der Waals surface area contributed by atoms with Crippen molar-refractivity contribution in [1.29, 1.82) is 0 Å². The topological polar surface area (TPSA) is 53.5 Å². The highest BCUT2D eigenvalue weighted by molar-refractivity contribution is 8.07. The summed E-state index contributed by atoms with van der Waals surface area (Å²) in [6.07, 6.45) is 0. The summed E-state index contributed by atoms with van der Waals surface area (Å²) in [5.41, 5.74) is 1.39. The van der Waals surface area contributed by atoms with Gasteiger partial charge in [0.2, 0.25) is 5.88 Å². The number of halogens is 2. The van der Waals surface area contributed by atoms with E-state index in [0.29, 0.717) is 46.2 Å². The Kier molecular flexibility index (Phi) is 6.99. The first-order valence-electron chi connectivity index (χ1n) is 7.26. The fourth-order valence-electron chi connectivity index (χ4n) is 1.92. The van der Waals surface area contributed by atoms with Crippen LogP contribution in [0, 0.1) is 6.92 Å². The maximum absolute atomic E-state index is 6.05. The van der Waals surface area contributed by atoms with E-state index in [1.807, 2.05) is 20.8 Å². The number of hydrogen-bond donors (Lipinski definition) is 0. The molecule has 130 valence electrons. The molecular weight excluding hydrogens is 390 g/mol. The Hall–Kier alpha value is -0.750. The lowest BCUT2D eigenvalue weighted by Gasteiger charge is -2.20. The van der Waals surface area contributed by atoms with Crippen molar-refractivity contribution in [3.8, 4) is 17.3 Å². The van der Waals surface area contributed by atoms with Crippen LogP contribution < -0.4 is 4.52 Å². The summed E-state index contributed by atoms with van der Waals surface area (Å²) in [5.74, 6) is 0.725. The molecule has 0 unspecified atom stereocenters. The lowest BCUT2D eigenvalue weighted by Crippen LogP contribution is -2.04. The molecule has 0 fully saturated rings. The van der Waals surface area contributed by atoms with Gasteiger partial charge in [-0.2, -0.15) is 4.98 Å². The van der Waals surface area contributed by atoms with Crippen LogP contribution in [0.2, 0.25) is 10.0 Å². The van der Waals surface area contributed by atoms with Gasteiger partial charge in [0.1, 0.15) is 0 Å². The van der Waals surface area contributed by atoms with Gasteiger partial charge in [0.05, 0.1) is 13.2 Å². The molecule has 0 aliphatic rings. The average Bonchev–Trinajstić information content (AvgIpc) is 2.45. The monoisotopic (exact) mass is 406 g/mol. The molecule has 0 saturated carbocycles. The predicted molar refractivity (Wildman–Crippen MR) is 100 cm³/mol. The molecule has 2 rings (SSSR count). The first kappa shape index (κ1) is 19.6. The van der Waals surface area contributed by atoms with E-state index in [1.54, 1.807) is 24.3 Å². The second kappa shape index (κ2) is 8.56. The number of nitrogens with zero attached hydrogens (tertiary/aromatic N) is 2. The number of benzene rings is 1. The van der Waals surface area contributed by atoms with Crippen molar-refractivity contribution in [3.63, 3.8) is 0 Å². The standard InChI is InChI=1S/C15H17Cl2N2O3PS/c1-4-20-23(24,21-5-2)22-14-6-10(3)18-15(19-14)11-7-12(16)9-13(17)8-11/h6-9H,4-5H2,1-3H3. The van der Waals surface area contributed by atoms with Crippen LogP contribution in [0.3, 0.4) is 0 Å². The highest BCUT2D eigenvalue weighted by Gasteiger charge is 2.22. The number of aromatic nitrogens is 2. The van der Waals surface area contributed by atoms with E-state index in [0.717, 1.165) is 0 Å². The van der Waals surface area contributed by atoms with Gasteiger partial charge in [-0.05, 0) is 39.0 Å². The molecule has 1 aromatic carbocycles. The molecule has 0 aliphatic heterocycles. The van der Waals surface area contributed by atoms with Gasteiger partial charge in [0.15, 0.2) is 5.82 Å². The van der Waals surface area contributed by atoms with Crippen molar-refractivity contribution in [3.05, 3.63) is 40.0 Å². The van der Waals surface area contributed by atoms with Crippen LogP contribution in [0.15, 0.2) is 24.3 Å². The zero-order valence-electron chi connectivity index (χ0n) is 13.5. The second-order valence-electron chi connectivity index (χ2n) is 4.70. The Morgan fingerprint density at radius 2 is 1.58 bits per heavy atom. The molecule has 0 aliphatic carbocycles. The van der Waals surface area contributed by atoms with E-state index >= 15 is 0 Å². The zero-order valence-corrected chi connectivity index (χ0v) is 16.7. The van der Waals surface area contributed by atoms with E-state index < -0.39 is 6.72 Å². The predicted octanol–water partition coefficient (Wildman–Crippen LogP) is 5.44. The largest absolute Gasteiger partial charge is 0.406 e. The van der Waals surface area contributed by atoms with Crippen LogP contribution in [0.5, 0.6) is 5.88 Å². The quantitative estimate of drug-likeness (QED) is 0.570. The Labute approximate surface area is 156 Å². The molecule has 5 nitrogen and oxygen atoms in total. The Bertz CT molecular complexity index is 746. The van der Waals surface area contributed by atoms with E-state index in [9.17, 15) is 0 Å². The van der Waals surface area contributed by atoms with E-state index in [4.69, 9.17) is 48.6 Å². The number of hydrogen-bond acceptors (Lipinski definition) is 6. The van der Waals surface area contributed by atoms with Gasteiger partial charge in [0.25, 0.3) is 0 Å². The van der Waals surface area contributed by atoms with Crippen LogP contribution in [0.1, 0.15) is 19.5 Å². The Balaban J connectivity index is 2.39. The maximum atomic E-state index is 6.05. The molecule has 0 bridgehead atoms. The molecule has 0 spiro atoms. The van der Waals surface area contributed by atoms with Crippen molar-refractivity contribution < 1.29 is 13.6 Å². The summed E-state index contributed by atoms with van der Waals surface area (Å²) in [6, 6.07) is 6.78. The molecule has 9 heteroatoms. The summed E-state index contributed by atoms with van der Waals surface area (Å²) < 4.78 is 16.7. The molecule has 1 aromatic heterocycles. The van der Waals surface area contributed by atoms with Crippen molar-refractivity contribution in [2.75, 3.05) is 13.2 Å². The minimum atomic E-state index is -2.90. The summed E-state index contributed by atoms with van der Waals surface area (Å²) in [7, 11) is 0. The average molecular weight is 407 g/mol. The Morgan fingerprint density at radius 3 is 2.12 bits per heavy atom. The van der Waals surface area contributed by atoms with E-state index in [1.165, 1.54) is 0 Å². The van der Waals surface area contributed by atoms with Crippen LogP contribution in [-0.2, 0) is 20.9 Å². The van der Waals surface area contributed by atoms with Gasteiger partial charge in [-0.1, -0.05) is 23.2 Å². The van der Waals surface area contributed by atoms with E-state index in [-0.39, 0.29) is 0 Å². The molecular formula is C15H17Cl2N2O3PS. The molecule has 24 heavy (non-hydrogen) atoms. The first-order chi connectivity index (χ1) is 11.3. The summed E-state index contributed by atoms with van der Waals surface area (Å²) >= 11 is 17.5. The first-order valence-corrected chi connectivity index (χ1v) is 10.6. The van der Waals surface area contributed by atoms with E-state index in [2.05, 4.69) is 9.97 Å². The van der Waals surface area contributed by atoms with Crippen molar-refractivity contribution >= 4 is 41.7 Å². The number of rotatable bonds is 7. The van der Waals surface area contributed by atoms with Crippen molar-refractivity contribution in [2.45, 2.75) is 20.8 Å². The van der Waals surface area contributed by atoms with Gasteiger partial charge >= 0.3 is 6.72 Å². The van der Waals surface area contributed by atoms with Crippen LogP contribution in [0.4, 0.5) is 0 Å². The molecule has 0 radical (unpaired) electrons. The SMILES string of the molecule is CCOP(=S)(OCC)Oc1cc(C)nc(-c2cc(Cl)cc(Cl)c2)n1. The van der Waals surface area contributed by atoms with Crippen molar-refractivity contribution in [2.24, 2.45) is 0 Å². The minimum absolute atomic E-state index is 0.291. The lowest BCUT2D eigenvalue weighted by atomic mass is 10.2. The van der Waals surface area contributed by atoms with Crippen LogP contribution in [-0.4, -0.2) is 23.2 Å². The smallest absolute Gasteiger partial charge is 0.381 e. The van der Waals surface area contributed by atoms with Gasteiger partial charge < -0.3 is 4.52 Å². The molecule has 0 saturated heterocycles. The third-order valence-corrected chi connectivity index (χ3v) is 5.58. The summed E-state index contributed by atoms with van der Waals surface area (Å²) in [5, 5.41) is 0.998. The molecule has 0 N–H and O–H groups in total. The van der Waals surface area contributed by atoms with Crippen molar-refractivity contribution in [1.82, 2.24) is 9.97 Å². The molecule has 2 aromatic rings. The fourth-order valence-corrected chi connectivity index (χ4v) is 4.44. The minimum Gasteiger partial charge on any atom is -0.406 e. The Morgan fingerprint density at radius 1 is 1.00 bits per heavy atom. The number of aryl methyl sites for hydroxylation is 1. The molecule has 0 amide bonds. The highest BCUT2D eigenvalue weighted by Crippen LogP contribution is 2.49. The second-order valence-corrected chi connectivity index (χ2v) is 8.51. The van der Waals surface area contributed by atoms with Crippen LogP contribution >= 0.6 is 29.9 Å². The van der Waals surface area contributed by atoms with Gasteiger partial charge in [-0.25, -0.2) is 4.98 Å². The summed E-state index contributed by atoms with van der Waals surface area (Å²) in [6.45, 7) is 3.36. The molecule has 0 atom stereocenters. The fraction of sp³-hybridized carbons (Fsp3) is 0.333. The highest BCUT2D eigenvalue weighted by atomic mass is 35.5. The zero-order chi connectivity index (χ0) is 17.7. The normalized spacial score (nSPS) is 11.5. The summed E-state index contributed by atoms with van der Waals surface area (Å²) in [4.78, 5) is 8.78. The maximum Gasteiger partial charge on any atom is 0.381 e. The van der Waals surface area contributed by atoms with Gasteiger partial charge in [0, 0.05) is 39.2 Å². The lowest BCUT2D eigenvalue weighted by molar-refractivity contribution is 0.216. The third kappa shape index (κ3) is 5.38. The molecule has 1 heterocycles. The third-order valence-electron chi connectivity index (χ3n) is 2.73. The van der Waals surface area contributed by atoms with Gasteiger partial charge in [-0.15, -0.1) is 0 Å².